The molecule has 0 bridgehead atoms. The van der Waals surface area contributed by atoms with Gasteiger partial charge in [0, 0.05) is 36.0 Å². The molecule has 1 aliphatic heterocycles. The van der Waals surface area contributed by atoms with Crippen LogP contribution in [0.3, 0.4) is 0 Å². The number of carbonyl (C=O) groups excluding carboxylic acids is 1. The van der Waals surface area contributed by atoms with Crippen molar-refractivity contribution in [3.8, 4) is 5.75 Å². The quantitative estimate of drug-likeness (QED) is 0.804. The maximum atomic E-state index is 10.8. The zero-order valence-electron chi connectivity index (χ0n) is 11.6. The van der Waals surface area contributed by atoms with Crippen molar-refractivity contribution in [3.05, 3.63) is 30.5 Å². The van der Waals surface area contributed by atoms with E-state index in [4.69, 9.17) is 4.74 Å². The van der Waals surface area contributed by atoms with Crippen LogP contribution in [0.5, 0.6) is 5.75 Å². The van der Waals surface area contributed by atoms with E-state index in [9.17, 15) is 4.79 Å². The Balaban J connectivity index is 1.98. The molecule has 0 radical (unpaired) electrons. The van der Waals surface area contributed by atoms with E-state index in [1.165, 1.54) is 0 Å². The second-order valence-electron chi connectivity index (χ2n) is 5.15. The van der Waals surface area contributed by atoms with E-state index in [-0.39, 0.29) is 5.92 Å². The number of pyridine rings is 1. The van der Waals surface area contributed by atoms with Crippen LogP contribution in [0.2, 0.25) is 0 Å². The van der Waals surface area contributed by atoms with Gasteiger partial charge in [-0.2, -0.15) is 0 Å². The lowest BCUT2D eigenvalue weighted by Gasteiger charge is -2.31. The van der Waals surface area contributed by atoms with Gasteiger partial charge in [-0.25, -0.2) is 4.98 Å². The molecule has 1 aromatic carbocycles. The second kappa shape index (κ2) is 5.49. The summed E-state index contributed by atoms with van der Waals surface area (Å²) in [6, 6.07) is 8.01. The Bertz CT molecular complexity index is 619. The maximum Gasteiger partial charge on any atom is 0.136 e. The van der Waals surface area contributed by atoms with Crippen LogP contribution >= 0.6 is 0 Å². The maximum absolute atomic E-state index is 10.8. The highest BCUT2D eigenvalue weighted by molar-refractivity contribution is 5.96. The Morgan fingerprint density at radius 1 is 1.25 bits per heavy atom. The number of nitrogens with zero attached hydrogens (tertiary/aromatic N) is 2. The number of ether oxygens (including phenoxy) is 1. The van der Waals surface area contributed by atoms with Crippen LogP contribution in [0, 0.1) is 5.92 Å². The summed E-state index contributed by atoms with van der Waals surface area (Å²) < 4.78 is 5.41. The van der Waals surface area contributed by atoms with Gasteiger partial charge in [0.2, 0.25) is 0 Å². The summed E-state index contributed by atoms with van der Waals surface area (Å²) in [5.41, 5.74) is 0. The van der Waals surface area contributed by atoms with Crippen LogP contribution in [-0.4, -0.2) is 31.5 Å². The standard InChI is InChI=1S/C16H18N2O2/c1-20-15-4-2-3-14-13(15)5-8-17-16(14)18-9-6-12(11-19)7-10-18/h2-5,8,11-12H,6-7,9-10H2,1H3. The Morgan fingerprint density at radius 2 is 2.05 bits per heavy atom. The summed E-state index contributed by atoms with van der Waals surface area (Å²) in [5.74, 6) is 2.07. The monoisotopic (exact) mass is 270 g/mol. The number of aldehydes is 1. The number of hydrogen-bond donors (Lipinski definition) is 0. The van der Waals surface area contributed by atoms with Gasteiger partial charge < -0.3 is 14.4 Å². The molecular weight excluding hydrogens is 252 g/mol. The largest absolute Gasteiger partial charge is 0.496 e. The van der Waals surface area contributed by atoms with Gasteiger partial charge in [0.25, 0.3) is 0 Å². The average Bonchev–Trinajstić information content (AvgIpc) is 2.54. The normalized spacial score (nSPS) is 16.4. The molecule has 1 aromatic heterocycles. The number of piperidine rings is 1. The molecule has 0 N–H and O–H groups in total. The van der Waals surface area contributed by atoms with Crippen molar-refractivity contribution in [2.75, 3.05) is 25.1 Å². The van der Waals surface area contributed by atoms with Crippen molar-refractivity contribution in [1.29, 1.82) is 0 Å². The number of rotatable bonds is 3. The Morgan fingerprint density at radius 3 is 2.75 bits per heavy atom. The van der Waals surface area contributed by atoms with Crippen LogP contribution in [0.1, 0.15) is 12.8 Å². The molecule has 1 fully saturated rings. The predicted octanol–water partition coefficient (Wildman–Crippen LogP) is 2.66. The fraction of sp³-hybridized carbons (Fsp3) is 0.375. The van der Waals surface area contributed by atoms with Gasteiger partial charge in [-0.15, -0.1) is 0 Å². The van der Waals surface area contributed by atoms with E-state index in [0.717, 1.165) is 54.6 Å². The van der Waals surface area contributed by atoms with Gasteiger partial charge in [-0.3, -0.25) is 0 Å². The fourth-order valence-corrected chi connectivity index (χ4v) is 2.84. The van der Waals surface area contributed by atoms with Crippen molar-refractivity contribution >= 4 is 22.9 Å². The third-order valence-electron chi connectivity index (χ3n) is 4.00. The molecule has 1 aliphatic rings. The van der Waals surface area contributed by atoms with E-state index >= 15 is 0 Å². The highest BCUT2D eigenvalue weighted by atomic mass is 16.5. The number of hydrogen-bond acceptors (Lipinski definition) is 4. The number of benzene rings is 1. The van der Waals surface area contributed by atoms with Gasteiger partial charge in [0.15, 0.2) is 0 Å². The summed E-state index contributed by atoms with van der Waals surface area (Å²) in [4.78, 5) is 17.7. The molecule has 4 heteroatoms. The summed E-state index contributed by atoms with van der Waals surface area (Å²) in [6.45, 7) is 1.76. The molecule has 0 aliphatic carbocycles. The third kappa shape index (κ3) is 2.22. The smallest absolute Gasteiger partial charge is 0.136 e. The molecule has 0 atom stereocenters. The van der Waals surface area contributed by atoms with E-state index in [2.05, 4.69) is 16.0 Å². The van der Waals surface area contributed by atoms with Crippen molar-refractivity contribution in [1.82, 2.24) is 4.98 Å². The minimum absolute atomic E-state index is 0.204. The van der Waals surface area contributed by atoms with Crippen molar-refractivity contribution in [3.63, 3.8) is 0 Å². The van der Waals surface area contributed by atoms with E-state index in [1.54, 1.807) is 7.11 Å². The van der Waals surface area contributed by atoms with Crippen molar-refractivity contribution < 1.29 is 9.53 Å². The first-order valence-electron chi connectivity index (χ1n) is 6.95. The number of methoxy groups -OCH3 is 1. The highest BCUT2D eigenvalue weighted by Gasteiger charge is 2.21. The van der Waals surface area contributed by atoms with Crippen molar-refractivity contribution in [2.45, 2.75) is 12.8 Å². The predicted molar refractivity (Wildman–Crippen MR) is 79.3 cm³/mol. The second-order valence-corrected chi connectivity index (χ2v) is 5.15. The van der Waals surface area contributed by atoms with Gasteiger partial charge >= 0.3 is 0 Å². The molecule has 20 heavy (non-hydrogen) atoms. The molecule has 104 valence electrons. The zero-order valence-corrected chi connectivity index (χ0v) is 11.6. The first-order valence-corrected chi connectivity index (χ1v) is 6.95. The summed E-state index contributed by atoms with van der Waals surface area (Å²) in [6.07, 6.45) is 4.72. The zero-order chi connectivity index (χ0) is 13.9. The van der Waals surface area contributed by atoms with Crippen molar-refractivity contribution in [2.24, 2.45) is 5.92 Å². The Hall–Kier alpha value is -2.10. The molecule has 2 heterocycles. The summed E-state index contributed by atoms with van der Waals surface area (Å²) in [5, 5.41) is 2.19. The molecule has 0 saturated carbocycles. The lowest BCUT2D eigenvalue weighted by Crippen LogP contribution is -2.34. The topological polar surface area (TPSA) is 42.4 Å². The SMILES string of the molecule is COc1cccc2c(N3CCC(C=O)CC3)nccc12. The molecule has 1 saturated heterocycles. The molecule has 3 rings (SSSR count). The van der Waals surface area contributed by atoms with Gasteiger partial charge in [-0.1, -0.05) is 12.1 Å². The van der Waals surface area contributed by atoms with Crippen LogP contribution in [-0.2, 0) is 4.79 Å². The summed E-state index contributed by atoms with van der Waals surface area (Å²) in [7, 11) is 1.68. The fourth-order valence-electron chi connectivity index (χ4n) is 2.84. The molecule has 4 nitrogen and oxygen atoms in total. The summed E-state index contributed by atoms with van der Waals surface area (Å²) >= 11 is 0. The van der Waals surface area contributed by atoms with Crippen LogP contribution < -0.4 is 9.64 Å². The van der Waals surface area contributed by atoms with E-state index < -0.39 is 0 Å². The number of carbonyl (C=O) groups is 1. The first kappa shape index (κ1) is 12.9. The van der Waals surface area contributed by atoms with Gasteiger partial charge in [0.1, 0.15) is 17.9 Å². The first-order chi connectivity index (χ1) is 9.83. The minimum Gasteiger partial charge on any atom is -0.496 e. The van der Waals surface area contributed by atoms with Crippen LogP contribution in [0.15, 0.2) is 30.5 Å². The van der Waals surface area contributed by atoms with Crippen LogP contribution in [0.25, 0.3) is 10.8 Å². The highest BCUT2D eigenvalue weighted by Crippen LogP contribution is 2.32. The van der Waals surface area contributed by atoms with E-state index in [0.29, 0.717) is 0 Å². The van der Waals surface area contributed by atoms with Gasteiger partial charge in [0.05, 0.1) is 7.11 Å². The lowest BCUT2D eigenvalue weighted by atomic mass is 9.98. The molecule has 2 aromatic rings. The number of aromatic nitrogens is 1. The third-order valence-corrected chi connectivity index (χ3v) is 4.00. The molecular formula is C16H18N2O2. The number of fused-ring (bicyclic) bond motifs is 1. The number of anilines is 1. The minimum atomic E-state index is 0.204. The average molecular weight is 270 g/mol. The Labute approximate surface area is 118 Å². The molecule has 0 amide bonds. The van der Waals surface area contributed by atoms with E-state index in [1.807, 2.05) is 24.4 Å². The van der Waals surface area contributed by atoms with Gasteiger partial charge in [-0.05, 0) is 25.0 Å². The molecule has 0 spiro atoms. The lowest BCUT2D eigenvalue weighted by molar-refractivity contribution is -0.111. The Kier molecular flexibility index (Phi) is 3.54. The van der Waals surface area contributed by atoms with Crippen LogP contribution in [0.4, 0.5) is 5.82 Å². The molecule has 0 unspecified atom stereocenters.